The Bertz CT molecular complexity index is 1010. The molecule has 0 radical (unpaired) electrons. The summed E-state index contributed by atoms with van der Waals surface area (Å²) in [5.74, 6) is 0.728. The topological polar surface area (TPSA) is 74.6 Å². The first-order valence-electron chi connectivity index (χ1n) is 8.23. The van der Waals surface area contributed by atoms with Crippen molar-refractivity contribution in [3.63, 3.8) is 0 Å². The van der Waals surface area contributed by atoms with Crippen molar-refractivity contribution in [2.24, 2.45) is 0 Å². The second kappa shape index (κ2) is 7.13. The van der Waals surface area contributed by atoms with Crippen LogP contribution in [0, 0.1) is 43.4 Å². The van der Waals surface area contributed by atoms with Crippen LogP contribution >= 0.6 is 0 Å². The molecule has 0 atom stereocenters. The molecule has 1 heterocycles. The lowest BCUT2D eigenvalue weighted by Gasteiger charge is -2.14. The molecule has 0 bridgehead atoms. The van der Waals surface area contributed by atoms with Gasteiger partial charge in [0.1, 0.15) is 24.0 Å². The zero-order valence-electron chi connectivity index (χ0n) is 14.9. The van der Waals surface area contributed by atoms with Crippen LogP contribution in [0.15, 0.2) is 42.5 Å². The Morgan fingerprint density at radius 3 is 2.23 bits per heavy atom. The lowest BCUT2D eigenvalue weighted by atomic mass is 10.1. The average Bonchev–Trinajstić information content (AvgIpc) is 2.97. The zero-order chi connectivity index (χ0) is 18.7. The maximum absolute atomic E-state index is 9.54. The van der Waals surface area contributed by atoms with Crippen molar-refractivity contribution < 1.29 is 4.74 Å². The number of hydrogen-bond acceptors (Lipinski definition) is 4. The summed E-state index contributed by atoms with van der Waals surface area (Å²) < 4.78 is 7.80. The molecule has 0 aliphatic heterocycles. The van der Waals surface area contributed by atoms with E-state index in [1.54, 1.807) is 16.8 Å². The number of aryl methyl sites for hydroxylation is 3. The number of benzene rings is 2. The smallest absolute Gasteiger partial charge is 0.132 e. The number of aromatic nitrogens is 2. The Balaban J connectivity index is 1.99. The van der Waals surface area contributed by atoms with Crippen molar-refractivity contribution in [3.8, 4) is 23.6 Å². The second-order valence-electron chi connectivity index (χ2n) is 6.11. The summed E-state index contributed by atoms with van der Waals surface area (Å²) in [4.78, 5) is 0. The first kappa shape index (κ1) is 17.3. The number of ether oxygens (including phenoxy) is 1. The van der Waals surface area contributed by atoms with Gasteiger partial charge in [0.15, 0.2) is 0 Å². The van der Waals surface area contributed by atoms with Gasteiger partial charge in [0.2, 0.25) is 0 Å². The molecule has 26 heavy (non-hydrogen) atoms. The van der Waals surface area contributed by atoms with E-state index in [9.17, 15) is 5.26 Å². The molecule has 0 amide bonds. The van der Waals surface area contributed by atoms with Crippen molar-refractivity contribution in [2.75, 3.05) is 0 Å². The maximum Gasteiger partial charge on any atom is 0.132 e. The number of rotatable bonds is 4. The van der Waals surface area contributed by atoms with Crippen LogP contribution in [0.4, 0.5) is 0 Å². The lowest BCUT2D eigenvalue weighted by Crippen LogP contribution is -2.08. The van der Waals surface area contributed by atoms with Gasteiger partial charge in [-0.2, -0.15) is 15.6 Å². The van der Waals surface area contributed by atoms with Crippen LogP contribution in [-0.2, 0) is 6.61 Å². The third kappa shape index (κ3) is 3.16. The normalized spacial score (nSPS) is 10.2. The van der Waals surface area contributed by atoms with Crippen LogP contribution in [0.3, 0.4) is 0 Å². The van der Waals surface area contributed by atoms with Gasteiger partial charge < -0.3 is 4.74 Å². The van der Waals surface area contributed by atoms with Crippen LogP contribution < -0.4 is 4.74 Å². The van der Waals surface area contributed by atoms with Crippen molar-refractivity contribution >= 4 is 0 Å². The number of nitriles is 2. The number of nitrogens with zero attached hydrogens (tertiary/aromatic N) is 4. The minimum atomic E-state index is 0.214. The molecule has 5 heteroatoms. The summed E-state index contributed by atoms with van der Waals surface area (Å²) in [6.07, 6.45) is 0. The standard InChI is InChI=1S/C21H18N4O/c1-14-9-17(11-22)10-15(2)21(14)26-13-20-19(12-23)16(3)24-25(20)18-7-5-4-6-8-18/h4-10H,13H2,1-3H3. The Morgan fingerprint density at radius 1 is 1.00 bits per heavy atom. The first-order chi connectivity index (χ1) is 12.5. The third-order valence-corrected chi connectivity index (χ3v) is 4.21. The number of hydrogen-bond donors (Lipinski definition) is 0. The van der Waals surface area contributed by atoms with Gasteiger partial charge in [-0.3, -0.25) is 0 Å². The van der Waals surface area contributed by atoms with Crippen LogP contribution in [0.5, 0.6) is 5.75 Å². The van der Waals surface area contributed by atoms with E-state index in [0.717, 1.165) is 22.6 Å². The molecule has 0 fully saturated rings. The fourth-order valence-corrected chi connectivity index (χ4v) is 3.02. The lowest BCUT2D eigenvalue weighted by molar-refractivity contribution is 0.293. The molecule has 0 saturated carbocycles. The maximum atomic E-state index is 9.54. The van der Waals surface area contributed by atoms with E-state index in [-0.39, 0.29) is 6.61 Å². The highest BCUT2D eigenvalue weighted by molar-refractivity contribution is 5.48. The average molecular weight is 342 g/mol. The van der Waals surface area contributed by atoms with Crippen molar-refractivity contribution in [2.45, 2.75) is 27.4 Å². The number of para-hydroxylation sites is 1. The Morgan fingerprint density at radius 2 is 1.65 bits per heavy atom. The monoisotopic (exact) mass is 342 g/mol. The minimum absolute atomic E-state index is 0.214. The van der Waals surface area contributed by atoms with Gasteiger partial charge in [-0.05, 0) is 56.2 Å². The third-order valence-electron chi connectivity index (χ3n) is 4.21. The molecule has 3 aromatic rings. The molecule has 0 spiro atoms. The van der Waals surface area contributed by atoms with Crippen LogP contribution in [0.1, 0.15) is 33.6 Å². The van der Waals surface area contributed by atoms with Crippen LogP contribution in [0.25, 0.3) is 5.69 Å². The highest BCUT2D eigenvalue weighted by atomic mass is 16.5. The predicted octanol–water partition coefficient (Wildman–Crippen LogP) is 4.12. The molecule has 0 aliphatic rings. The van der Waals surface area contributed by atoms with E-state index >= 15 is 0 Å². The predicted molar refractivity (Wildman–Crippen MR) is 98.0 cm³/mol. The van der Waals surface area contributed by atoms with Gasteiger partial charge in [0.25, 0.3) is 0 Å². The summed E-state index contributed by atoms with van der Waals surface area (Å²) in [5, 5.41) is 23.1. The molecule has 5 nitrogen and oxygen atoms in total. The second-order valence-corrected chi connectivity index (χ2v) is 6.11. The van der Waals surface area contributed by atoms with E-state index < -0.39 is 0 Å². The van der Waals surface area contributed by atoms with Crippen LogP contribution in [-0.4, -0.2) is 9.78 Å². The first-order valence-corrected chi connectivity index (χ1v) is 8.23. The quantitative estimate of drug-likeness (QED) is 0.715. The summed E-state index contributed by atoms with van der Waals surface area (Å²) in [6, 6.07) is 17.7. The summed E-state index contributed by atoms with van der Waals surface area (Å²) >= 11 is 0. The molecule has 3 rings (SSSR count). The van der Waals surface area contributed by atoms with Crippen molar-refractivity contribution in [3.05, 3.63) is 76.1 Å². The Hall–Kier alpha value is -3.57. The molecule has 0 N–H and O–H groups in total. The highest BCUT2D eigenvalue weighted by Gasteiger charge is 2.18. The minimum Gasteiger partial charge on any atom is -0.487 e. The van der Waals surface area contributed by atoms with Gasteiger partial charge in [0, 0.05) is 0 Å². The van der Waals surface area contributed by atoms with Gasteiger partial charge in [-0.25, -0.2) is 4.68 Å². The van der Waals surface area contributed by atoms with Crippen LogP contribution in [0.2, 0.25) is 0 Å². The molecule has 0 saturated heterocycles. The van der Waals surface area contributed by atoms with E-state index in [2.05, 4.69) is 17.2 Å². The Labute approximate surface area is 152 Å². The summed E-state index contributed by atoms with van der Waals surface area (Å²) in [7, 11) is 0. The zero-order valence-corrected chi connectivity index (χ0v) is 14.9. The molecule has 128 valence electrons. The van der Waals surface area contributed by atoms with E-state index in [4.69, 9.17) is 10.00 Å². The molecule has 0 unspecified atom stereocenters. The SMILES string of the molecule is Cc1cc(C#N)cc(C)c1OCc1c(C#N)c(C)nn1-c1ccccc1. The van der Waals surface area contributed by atoms with Gasteiger partial charge >= 0.3 is 0 Å². The fraction of sp³-hybridized carbons (Fsp3) is 0.190. The Kier molecular flexibility index (Phi) is 4.73. The van der Waals surface area contributed by atoms with Gasteiger partial charge in [-0.15, -0.1) is 0 Å². The van der Waals surface area contributed by atoms with Crippen molar-refractivity contribution in [1.29, 1.82) is 10.5 Å². The van der Waals surface area contributed by atoms with Gasteiger partial charge in [-0.1, -0.05) is 18.2 Å². The molecule has 1 aromatic heterocycles. The molecule has 0 aliphatic carbocycles. The molecule has 2 aromatic carbocycles. The van der Waals surface area contributed by atoms with E-state index in [1.807, 2.05) is 51.1 Å². The molecular formula is C21H18N4O. The highest BCUT2D eigenvalue weighted by Crippen LogP contribution is 2.27. The fourth-order valence-electron chi connectivity index (χ4n) is 3.02. The largest absolute Gasteiger partial charge is 0.487 e. The van der Waals surface area contributed by atoms with E-state index in [0.29, 0.717) is 22.5 Å². The van der Waals surface area contributed by atoms with Gasteiger partial charge in [0.05, 0.1) is 28.7 Å². The summed E-state index contributed by atoms with van der Waals surface area (Å²) in [5.41, 5.74) is 5.17. The molecular weight excluding hydrogens is 324 g/mol. The van der Waals surface area contributed by atoms with Crippen molar-refractivity contribution in [1.82, 2.24) is 9.78 Å². The van der Waals surface area contributed by atoms with E-state index in [1.165, 1.54) is 0 Å². The summed E-state index contributed by atoms with van der Waals surface area (Å²) in [6.45, 7) is 5.86.